The van der Waals surface area contributed by atoms with Crippen LogP contribution in [-0.4, -0.2) is 45.7 Å². The fourth-order valence-corrected chi connectivity index (χ4v) is 4.04. The van der Waals surface area contributed by atoms with Gasteiger partial charge in [0.15, 0.2) is 0 Å². The average molecular weight is 419 g/mol. The summed E-state index contributed by atoms with van der Waals surface area (Å²) in [5.41, 5.74) is 1.02. The number of benzene rings is 1. The van der Waals surface area contributed by atoms with Crippen LogP contribution in [0.25, 0.3) is 10.9 Å². The summed E-state index contributed by atoms with van der Waals surface area (Å²) in [5.74, 6) is 0. The van der Waals surface area contributed by atoms with E-state index < -0.39 is 5.60 Å². The van der Waals surface area contributed by atoms with Crippen LogP contribution in [0.5, 0.6) is 0 Å². The van der Waals surface area contributed by atoms with Crippen LogP contribution in [0.1, 0.15) is 65.1 Å². The van der Waals surface area contributed by atoms with Crippen molar-refractivity contribution in [2.24, 2.45) is 0 Å². The zero-order valence-corrected chi connectivity index (χ0v) is 18.5. The largest absolute Gasteiger partial charge is 0.444 e. The molecule has 1 amide bonds. The third kappa shape index (κ3) is 5.37. The van der Waals surface area contributed by atoms with Crippen LogP contribution in [0.4, 0.5) is 4.79 Å². The maximum atomic E-state index is 13.3. The molecule has 1 aromatic heterocycles. The number of fused-ring (bicyclic) bond motifs is 1. The van der Waals surface area contributed by atoms with E-state index >= 15 is 0 Å². The van der Waals surface area contributed by atoms with Crippen LogP contribution in [0, 0.1) is 0 Å². The van der Waals surface area contributed by atoms with Crippen molar-refractivity contribution in [3.8, 4) is 0 Å². The van der Waals surface area contributed by atoms with Crippen molar-refractivity contribution in [3.63, 3.8) is 0 Å². The Hall–Kier alpha value is -1.92. The first-order chi connectivity index (χ1) is 13.8. The van der Waals surface area contributed by atoms with E-state index in [1.54, 1.807) is 0 Å². The number of para-hydroxylation sites is 1. The Bertz CT molecular complexity index is 846. The molecule has 0 spiro atoms. The lowest BCUT2D eigenvalue weighted by atomic mass is 9.99. The van der Waals surface area contributed by atoms with Gasteiger partial charge in [-0.15, -0.1) is 0 Å². The molecule has 6 nitrogen and oxygen atoms in total. The number of rotatable bonds is 6. The second-order valence-electron chi connectivity index (χ2n) is 8.59. The normalized spacial score (nSPS) is 18.0. The monoisotopic (exact) mass is 418 g/mol. The summed E-state index contributed by atoms with van der Waals surface area (Å²) in [6.07, 6.45) is 3.38. The zero-order chi connectivity index (χ0) is 21.0. The summed E-state index contributed by atoms with van der Waals surface area (Å²) in [7, 11) is 0. The number of aromatic nitrogens is 2. The molecule has 0 aliphatic carbocycles. The smallest absolute Gasteiger partial charge is 0.411 e. The van der Waals surface area contributed by atoms with Gasteiger partial charge in [-0.1, -0.05) is 38.0 Å². The molecule has 158 valence electrons. The number of nitrogens with zero attached hydrogens (tertiary/aromatic N) is 3. The highest BCUT2D eigenvalue weighted by molar-refractivity contribution is 6.28. The Balaban J connectivity index is 2.10. The number of amides is 1. The Morgan fingerprint density at radius 1 is 1.34 bits per heavy atom. The zero-order valence-electron chi connectivity index (χ0n) is 17.7. The molecular weight excluding hydrogens is 388 g/mol. The van der Waals surface area contributed by atoms with Gasteiger partial charge in [0.1, 0.15) is 5.60 Å². The Morgan fingerprint density at radius 3 is 2.76 bits per heavy atom. The van der Waals surface area contributed by atoms with Gasteiger partial charge in [0.25, 0.3) is 0 Å². The van der Waals surface area contributed by atoms with Gasteiger partial charge in [0.05, 0.1) is 17.3 Å². The summed E-state index contributed by atoms with van der Waals surface area (Å²) in [4.78, 5) is 24.2. The number of carbonyl (C=O) groups is 1. The van der Waals surface area contributed by atoms with Crippen molar-refractivity contribution < 1.29 is 9.53 Å². The first-order valence-electron chi connectivity index (χ1n) is 10.4. The molecule has 29 heavy (non-hydrogen) atoms. The standard InChI is InChI=1S/C22H31ClN4O2/c1-5-6-11-18(19-16-9-7-8-10-17(16)25-20(23)26-19)27(15-12-13-24-14-15)21(28)29-22(2,3)4/h7-10,15,18,24H,5-6,11-14H2,1-4H3/t15?,18-/m0/s1. The molecule has 2 heterocycles. The lowest BCUT2D eigenvalue weighted by molar-refractivity contribution is 0.00466. The van der Waals surface area contributed by atoms with E-state index in [2.05, 4.69) is 22.2 Å². The molecule has 1 N–H and O–H groups in total. The van der Waals surface area contributed by atoms with Crippen LogP contribution >= 0.6 is 11.6 Å². The van der Waals surface area contributed by atoms with E-state index in [0.717, 1.165) is 55.4 Å². The van der Waals surface area contributed by atoms with Crippen LogP contribution in [0.3, 0.4) is 0 Å². The van der Waals surface area contributed by atoms with Gasteiger partial charge in [-0.2, -0.15) is 0 Å². The van der Waals surface area contributed by atoms with Gasteiger partial charge in [0, 0.05) is 18.0 Å². The molecule has 2 aromatic rings. The maximum Gasteiger partial charge on any atom is 0.411 e. The minimum absolute atomic E-state index is 0.0548. The van der Waals surface area contributed by atoms with Gasteiger partial charge < -0.3 is 10.1 Å². The molecule has 1 saturated heterocycles. The minimum Gasteiger partial charge on any atom is -0.444 e. The predicted octanol–water partition coefficient (Wildman–Crippen LogP) is 5.11. The molecule has 1 aliphatic heterocycles. The number of hydrogen-bond donors (Lipinski definition) is 1. The number of unbranched alkanes of at least 4 members (excludes halogenated alkanes) is 1. The van der Waals surface area contributed by atoms with Crippen molar-refractivity contribution >= 4 is 28.6 Å². The van der Waals surface area contributed by atoms with Crippen molar-refractivity contribution in [1.29, 1.82) is 0 Å². The van der Waals surface area contributed by atoms with E-state index in [4.69, 9.17) is 16.3 Å². The number of ether oxygens (including phenoxy) is 1. The molecule has 0 bridgehead atoms. The van der Waals surface area contributed by atoms with Crippen molar-refractivity contribution in [1.82, 2.24) is 20.2 Å². The molecule has 1 aliphatic rings. The fourth-order valence-electron chi connectivity index (χ4n) is 3.85. The lowest BCUT2D eigenvalue weighted by Gasteiger charge is -2.37. The van der Waals surface area contributed by atoms with E-state index in [1.165, 1.54) is 0 Å². The van der Waals surface area contributed by atoms with Crippen LogP contribution in [0.2, 0.25) is 5.28 Å². The second-order valence-corrected chi connectivity index (χ2v) is 8.93. The molecule has 3 rings (SSSR count). The van der Waals surface area contributed by atoms with Crippen LogP contribution < -0.4 is 5.32 Å². The SMILES string of the molecule is CCCC[C@@H](c1nc(Cl)nc2ccccc12)N(C(=O)OC(C)(C)C)C1CCNC1. The summed E-state index contributed by atoms with van der Waals surface area (Å²) in [5, 5.41) is 4.50. The molecule has 0 saturated carbocycles. The molecule has 7 heteroatoms. The quantitative estimate of drug-likeness (QED) is 0.660. The maximum absolute atomic E-state index is 13.3. The Morgan fingerprint density at radius 2 is 2.10 bits per heavy atom. The van der Waals surface area contributed by atoms with Gasteiger partial charge in [-0.05, 0) is 57.8 Å². The van der Waals surface area contributed by atoms with Crippen LogP contribution in [-0.2, 0) is 4.74 Å². The van der Waals surface area contributed by atoms with Gasteiger partial charge in [0.2, 0.25) is 5.28 Å². The fraction of sp³-hybridized carbons (Fsp3) is 0.591. The first kappa shape index (κ1) is 21.8. The summed E-state index contributed by atoms with van der Waals surface area (Å²) in [6, 6.07) is 7.66. The summed E-state index contributed by atoms with van der Waals surface area (Å²) < 4.78 is 5.82. The number of halogens is 1. The Labute approximate surface area is 178 Å². The van der Waals surface area contributed by atoms with Crippen molar-refractivity contribution in [3.05, 3.63) is 35.2 Å². The first-order valence-corrected chi connectivity index (χ1v) is 10.8. The Kier molecular flexibility index (Phi) is 6.96. The topological polar surface area (TPSA) is 67.4 Å². The molecule has 2 atom stereocenters. The average Bonchev–Trinajstić information content (AvgIpc) is 3.17. The summed E-state index contributed by atoms with van der Waals surface area (Å²) in [6.45, 7) is 9.47. The van der Waals surface area contributed by atoms with E-state index in [0.29, 0.717) is 0 Å². The van der Waals surface area contributed by atoms with E-state index in [-0.39, 0.29) is 23.5 Å². The van der Waals surface area contributed by atoms with Crippen LogP contribution in [0.15, 0.2) is 24.3 Å². The van der Waals surface area contributed by atoms with Gasteiger partial charge in [-0.3, -0.25) is 4.90 Å². The molecule has 1 aromatic carbocycles. The van der Waals surface area contributed by atoms with Gasteiger partial charge in [-0.25, -0.2) is 14.8 Å². The molecular formula is C22H31ClN4O2. The second kappa shape index (κ2) is 9.26. The molecule has 0 radical (unpaired) electrons. The third-order valence-corrected chi connectivity index (χ3v) is 5.29. The minimum atomic E-state index is -0.567. The lowest BCUT2D eigenvalue weighted by Crippen LogP contribution is -2.46. The van der Waals surface area contributed by atoms with Crippen molar-refractivity contribution in [2.45, 2.75) is 71.1 Å². The highest BCUT2D eigenvalue weighted by Crippen LogP contribution is 2.34. The highest BCUT2D eigenvalue weighted by atomic mass is 35.5. The predicted molar refractivity (Wildman–Crippen MR) is 116 cm³/mol. The third-order valence-electron chi connectivity index (χ3n) is 5.12. The molecule has 1 fully saturated rings. The number of carbonyl (C=O) groups excluding carboxylic acids is 1. The molecule has 1 unspecified atom stereocenters. The van der Waals surface area contributed by atoms with Crippen molar-refractivity contribution in [2.75, 3.05) is 13.1 Å². The van der Waals surface area contributed by atoms with Gasteiger partial charge >= 0.3 is 6.09 Å². The van der Waals surface area contributed by atoms with E-state index in [1.807, 2.05) is 49.9 Å². The number of nitrogens with one attached hydrogen (secondary N) is 1. The highest BCUT2D eigenvalue weighted by Gasteiger charge is 2.37. The summed E-state index contributed by atoms with van der Waals surface area (Å²) >= 11 is 6.28. The number of hydrogen-bond acceptors (Lipinski definition) is 5. The van der Waals surface area contributed by atoms with E-state index in [9.17, 15) is 4.79 Å².